The topological polar surface area (TPSA) is 70.9 Å². The molecule has 5 nitrogen and oxygen atoms in total. The number of nitrogens with zero attached hydrogens (tertiary/aromatic N) is 1. The molecule has 0 fully saturated rings. The van der Waals surface area contributed by atoms with Crippen molar-refractivity contribution in [3.8, 4) is 11.5 Å². The number of carbonyl (C=O) groups excluding carboxylic acids is 1. The Morgan fingerprint density at radius 1 is 1.27 bits per heavy atom. The zero-order chi connectivity index (χ0) is 15.9. The van der Waals surface area contributed by atoms with Crippen LogP contribution in [-0.2, 0) is 0 Å². The SMILES string of the molecule is CCOc1cc(C=NNC(=O)c2ccc(C)cc2)ccc1O. The van der Waals surface area contributed by atoms with Gasteiger partial charge in [0.1, 0.15) is 0 Å². The lowest BCUT2D eigenvalue weighted by atomic mass is 10.1. The van der Waals surface area contributed by atoms with Gasteiger partial charge in [0.05, 0.1) is 12.8 Å². The summed E-state index contributed by atoms with van der Waals surface area (Å²) in [7, 11) is 0. The molecule has 0 spiro atoms. The number of aryl methyl sites for hydroxylation is 1. The lowest BCUT2D eigenvalue weighted by molar-refractivity contribution is 0.0955. The number of benzene rings is 2. The number of rotatable bonds is 5. The molecule has 5 heteroatoms. The molecule has 2 aromatic rings. The molecule has 0 heterocycles. The summed E-state index contributed by atoms with van der Waals surface area (Å²) < 4.78 is 5.29. The fourth-order valence-electron chi connectivity index (χ4n) is 1.82. The van der Waals surface area contributed by atoms with E-state index in [0.29, 0.717) is 23.5 Å². The van der Waals surface area contributed by atoms with E-state index in [1.54, 1.807) is 24.3 Å². The van der Waals surface area contributed by atoms with Gasteiger partial charge in [0.25, 0.3) is 5.91 Å². The monoisotopic (exact) mass is 298 g/mol. The Labute approximate surface area is 129 Å². The van der Waals surface area contributed by atoms with Crippen molar-refractivity contribution < 1.29 is 14.6 Å². The maximum atomic E-state index is 11.9. The van der Waals surface area contributed by atoms with Crippen molar-refractivity contribution in [3.63, 3.8) is 0 Å². The zero-order valence-corrected chi connectivity index (χ0v) is 12.5. The van der Waals surface area contributed by atoms with Crippen molar-refractivity contribution in [2.45, 2.75) is 13.8 Å². The molecule has 0 aliphatic heterocycles. The number of hydrazone groups is 1. The molecule has 0 aliphatic rings. The summed E-state index contributed by atoms with van der Waals surface area (Å²) in [4.78, 5) is 11.9. The van der Waals surface area contributed by atoms with Crippen molar-refractivity contribution in [2.75, 3.05) is 6.61 Å². The number of carbonyl (C=O) groups is 1. The zero-order valence-electron chi connectivity index (χ0n) is 12.5. The number of phenolic OH excluding ortho intramolecular Hbond substituents is 1. The molecule has 2 rings (SSSR count). The van der Waals surface area contributed by atoms with E-state index in [4.69, 9.17) is 4.74 Å². The van der Waals surface area contributed by atoms with Gasteiger partial charge in [-0.05, 0) is 49.7 Å². The van der Waals surface area contributed by atoms with Crippen molar-refractivity contribution in [3.05, 3.63) is 59.2 Å². The molecule has 114 valence electrons. The quantitative estimate of drug-likeness (QED) is 0.658. The first kappa shape index (κ1) is 15.6. The Bertz CT molecular complexity index is 679. The van der Waals surface area contributed by atoms with Gasteiger partial charge in [0.2, 0.25) is 0 Å². The minimum atomic E-state index is -0.278. The molecule has 2 aromatic carbocycles. The molecule has 0 saturated heterocycles. The number of phenols is 1. The van der Waals surface area contributed by atoms with E-state index in [1.165, 1.54) is 12.3 Å². The normalized spacial score (nSPS) is 10.6. The van der Waals surface area contributed by atoms with E-state index in [0.717, 1.165) is 5.56 Å². The van der Waals surface area contributed by atoms with Crippen LogP contribution in [0.2, 0.25) is 0 Å². The fraction of sp³-hybridized carbons (Fsp3) is 0.176. The maximum absolute atomic E-state index is 11.9. The summed E-state index contributed by atoms with van der Waals surface area (Å²) in [5.41, 5.74) is 4.81. The molecule has 0 unspecified atom stereocenters. The van der Waals surface area contributed by atoms with E-state index in [-0.39, 0.29) is 11.7 Å². The average Bonchev–Trinajstić information content (AvgIpc) is 2.51. The molecular weight excluding hydrogens is 280 g/mol. The Hall–Kier alpha value is -2.82. The molecule has 0 aromatic heterocycles. The third kappa shape index (κ3) is 4.09. The van der Waals surface area contributed by atoms with E-state index in [1.807, 2.05) is 26.0 Å². The smallest absolute Gasteiger partial charge is 0.271 e. The van der Waals surface area contributed by atoms with E-state index < -0.39 is 0 Å². The van der Waals surface area contributed by atoms with Crippen LogP contribution in [-0.4, -0.2) is 23.8 Å². The van der Waals surface area contributed by atoms with Gasteiger partial charge in [0, 0.05) is 5.56 Å². The van der Waals surface area contributed by atoms with Crippen LogP contribution in [0.3, 0.4) is 0 Å². The summed E-state index contributed by atoms with van der Waals surface area (Å²) in [6.45, 7) is 4.25. The van der Waals surface area contributed by atoms with Crippen LogP contribution in [0.5, 0.6) is 11.5 Å². The molecule has 0 radical (unpaired) electrons. The number of hydrogen-bond donors (Lipinski definition) is 2. The minimum absolute atomic E-state index is 0.0719. The van der Waals surface area contributed by atoms with E-state index in [9.17, 15) is 9.90 Å². The van der Waals surface area contributed by atoms with Gasteiger partial charge in [0.15, 0.2) is 11.5 Å². The van der Waals surface area contributed by atoms with Gasteiger partial charge in [-0.2, -0.15) is 5.10 Å². The second-order valence-corrected chi connectivity index (χ2v) is 4.73. The summed E-state index contributed by atoms with van der Waals surface area (Å²) in [5, 5.41) is 13.5. The van der Waals surface area contributed by atoms with Crippen LogP contribution in [0.1, 0.15) is 28.4 Å². The molecule has 0 saturated carbocycles. The van der Waals surface area contributed by atoms with Crippen LogP contribution in [0.4, 0.5) is 0 Å². The minimum Gasteiger partial charge on any atom is -0.504 e. The maximum Gasteiger partial charge on any atom is 0.271 e. The highest BCUT2D eigenvalue weighted by molar-refractivity contribution is 5.94. The number of nitrogens with one attached hydrogen (secondary N) is 1. The van der Waals surface area contributed by atoms with Crippen LogP contribution in [0, 0.1) is 6.92 Å². The first-order chi connectivity index (χ1) is 10.6. The predicted molar refractivity (Wildman–Crippen MR) is 85.5 cm³/mol. The van der Waals surface area contributed by atoms with Gasteiger partial charge >= 0.3 is 0 Å². The number of hydrogen-bond acceptors (Lipinski definition) is 4. The second kappa shape index (κ2) is 7.26. The van der Waals surface area contributed by atoms with Crippen LogP contribution in [0.15, 0.2) is 47.6 Å². The Kier molecular flexibility index (Phi) is 5.14. The van der Waals surface area contributed by atoms with E-state index >= 15 is 0 Å². The Balaban J connectivity index is 2.01. The van der Waals surface area contributed by atoms with Gasteiger partial charge < -0.3 is 9.84 Å². The first-order valence-corrected chi connectivity index (χ1v) is 6.96. The highest BCUT2D eigenvalue weighted by Crippen LogP contribution is 2.26. The molecule has 1 amide bonds. The summed E-state index contributed by atoms with van der Waals surface area (Å²) >= 11 is 0. The first-order valence-electron chi connectivity index (χ1n) is 6.96. The van der Waals surface area contributed by atoms with Crippen LogP contribution in [0.25, 0.3) is 0 Å². The number of aromatic hydroxyl groups is 1. The van der Waals surface area contributed by atoms with Crippen molar-refractivity contribution in [1.82, 2.24) is 5.43 Å². The number of amides is 1. The third-order valence-electron chi connectivity index (χ3n) is 2.98. The van der Waals surface area contributed by atoms with Gasteiger partial charge in [-0.3, -0.25) is 4.79 Å². The van der Waals surface area contributed by atoms with Crippen molar-refractivity contribution >= 4 is 12.1 Å². The summed E-state index contributed by atoms with van der Waals surface area (Å²) in [6, 6.07) is 12.1. The summed E-state index contributed by atoms with van der Waals surface area (Å²) in [5.74, 6) is 0.180. The Morgan fingerprint density at radius 2 is 2.00 bits per heavy atom. The summed E-state index contributed by atoms with van der Waals surface area (Å²) in [6.07, 6.45) is 1.49. The number of ether oxygens (including phenoxy) is 1. The molecule has 22 heavy (non-hydrogen) atoms. The van der Waals surface area contributed by atoms with Gasteiger partial charge in [-0.1, -0.05) is 17.7 Å². The largest absolute Gasteiger partial charge is 0.504 e. The average molecular weight is 298 g/mol. The van der Waals surface area contributed by atoms with Crippen molar-refractivity contribution in [2.24, 2.45) is 5.10 Å². The molecule has 0 atom stereocenters. The van der Waals surface area contributed by atoms with Crippen LogP contribution < -0.4 is 10.2 Å². The second-order valence-electron chi connectivity index (χ2n) is 4.73. The molecule has 0 bridgehead atoms. The lowest BCUT2D eigenvalue weighted by Gasteiger charge is -2.06. The molecular formula is C17H18N2O3. The van der Waals surface area contributed by atoms with E-state index in [2.05, 4.69) is 10.5 Å². The van der Waals surface area contributed by atoms with Gasteiger partial charge in [-0.15, -0.1) is 0 Å². The highest BCUT2D eigenvalue weighted by Gasteiger charge is 2.04. The Morgan fingerprint density at radius 3 is 2.68 bits per heavy atom. The highest BCUT2D eigenvalue weighted by atomic mass is 16.5. The van der Waals surface area contributed by atoms with Crippen LogP contribution >= 0.6 is 0 Å². The molecule has 0 aliphatic carbocycles. The lowest BCUT2D eigenvalue weighted by Crippen LogP contribution is -2.17. The van der Waals surface area contributed by atoms with Crippen molar-refractivity contribution in [1.29, 1.82) is 0 Å². The standard InChI is InChI=1S/C17H18N2O3/c1-3-22-16-10-13(6-9-15(16)20)11-18-19-17(21)14-7-4-12(2)5-8-14/h4-11,20H,3H2,1-2H3,(H,19,21). The fourth-order valence-corrected chi connectivity index (χ4v) is 1.82. The van der Waals surface area contributed by atoms with Gasteiger partial charge in [-0.25, -0.2) is 5.43 Å². The predicted octanol–water partition coefficient (Wildman–Crippen LogP) is 2.86. The third-order valence-corrected chi connectivity index (χ3v) is 2.98. The molecule has 2 N–H and O–H groups in total.